The molecule has 0 unspecified atom stereocenters. The van der Waals surface area contributed by atoms with Gasteiger partial charge in [-0.2, -0.15) is 0 Å². The Balaban J connectivity index is 1.57. The van der Waals surface area contributed by atoms with Gasteiger partial charge >= 0.3 is 0 Å². The first-order chi connectivity index (χ1) is 13.1. The summed E-state index contributed by atoms with van der Waals surface area (Å²) in [5.74, 6) is 1.83. The van der Waals surface area contributed by atoms with Gasteiger partial charge in [-0.15, -0.1) is 10.2 Å². The molecule has 0 spiro atoms. The van der Waals surface area contributed by atoms with E-state index in [4.69, 9.17) is 13.9 Å². The number of nitrogens with zero attached hydrogens (tertiary/aromatic N) is 2. The van der Waals surface area contributed by atoms with Crippen molar-refractivity contribution in [2.75, 3.05) is 14.2 Å². The number of rotatable bonds is 7. The molecule has 1 amide bonds. The normalized spacial score (nSPS) is 10.5. The lowest BCUT2D eigenvalue weighted by atomic mass is 10.1. The van der Waals surface area contributed by atoms with E-state index in [0.29, 0.717) is 23.3 Å². The Labute approximate surface area is 157 Å². The van der Waals surface area contributed by atoms with Crippen molar-refractivity contribution in [1.29, 1.82) is 0 Å². The first-order valence-corrected chi connectivity index (χ1v) is 8.46. The average Bonchev–Trinajstić information content (AvgIpc) is 3.16. The van der Waals surface area contributed by atoms with Crippen LogP contribution in [-0.4, -0.2) is 30.3 Å². The third kappa shape index (κ3) is 4.63. The van der Waals surface area contributed by atoms with Crippen LogP contribution >= 0.6 is 0 Å². The predicted molar refractivity (Wildman–Crippen MR) is 99.6 cm³/mol. The van der Waals surface area contributed by atoms with Gasteiger partial charge in [-0.05, 0) is 36.8 Å². The lowest BCUT2D eigenvalue weighted by Gasteiger charge is -2.09. The highest BCUT2D eigenvalue weighted by Crippen LogP contribution is 2.27. The van der Waals surface area contributed by atoms with Crippen LogP contribution in [0.2, 0.25) is 0 Å². The Morgan fingerprint density at radius 1 is 1.04 bits per heavy atom. The van der Waals surface area contributed by atoms with Crippen molar-refractivity contribution in [3.8, 4) is 23.0 Å². The second-order valence-corrected chi connectivity index (χ2v) is 6.01. The zero-order valence-electron chi connectivity index (χ0n) is 15.5. The lowest BCUT2D eigenvalue weighted by molar-refractivity contribution is -0.120. The Hall–Kier alpha value is -3.35. The summed E-state index contributed by atoms with van der Waals surface area (Å²) in [5.41, 5.74) is 2.81. The third-order valence-electron chi connectivity index (χ3n) is 4.01. The van der Waals surface area contributed by atoms with E-state index in [-0.39, 0.29) is 18.9 Å². The quantitative estimate of drug-likeness (QED) is 0.691. The molecule has 0 radical (unpaired) electrons. The fraction of sp³-hybridized carbons (Fsp3) is 0.250. The van der Waals surface area contributed by atoms with E-state index in [2.05, 4.69) is 15.5 Å². The second-order valence-electron chi connectivity index (χ2n) is 6.01. The van der Waals surface area contributed by atoms with Gasteiger partial charge in [-0.3, -0.25) is 4.79 Å². The second kappa shape index (κ2) is 8.35. The Kier molecular flexibility index (Phi) is 5.71. The molecule has 1 N–H and O–H groups in total. The first-order valence-electron chi connectivity index (χ1n) is 8.46. The van der Waals surface area contributed by atoms with E-state index in [9.17, 15) is 4.79 Å². The molecule has 0 saturated heterocycles. The molecule has 7 heteroatoms. The molecular formula is C20H21N3O4. The van der Waals surface area contributed by atoms with Gasteiger partial charge in [-0.25, -0.2) is 0 Å². The fourth-order valence-corrected chi connectivity index (χ4v) is 2.55. The Morgan fingerprint density at radius 3 is 2.48 bits per heavy atom. The van der Waals surface area contributed by atoms with Crippen LogP contribution < -0.4 is 14.8 Å². The molecule has 2 aromatic carbocycles. The molecule has 1 heterocycles. The minimum Gasteiger partial charge on any atom is -0.493 e. The van der Waals surface area contributed by atoms with Gasteiger partial charge < -0.3 is 19.2 Å². The van der Waals surface area contributed by atoms with Crippen molar-refractivity contribution in [3.05, 3.63) is 59.5 Å². The average molecular weight is 367 g/mol. The molecule has 140 valence electrons. The van der Waals surface area contributed by atoms with E-state index in [1.54, 1.807) is 26.4 Å². The van der Waals surface area contributed by atoms with Crippen molar-refractivity contribution >= 4 is 5.91 Å². The van der Waals surface area contributed by atoms with E-state index < -0.39 is 0 Å². The van der Waals surface area contributed by atoms with Crippen LogP contribution in [0.1, 0.15) is 17.0 Å². The van der Waals surface area contributed by atoms with Crippen molar-refractivity contribution < 1.29 is 18.7 Å². The first kappa shape index (κ1) is 18.4. The number of nitrogens with one attached hydrogen (secondary N) is 1. The maximum Gasteiger partial charge on any atom is 0.247 e. The Morgan fingerprint density at radius 2 is 1.78 bits per heavy atom. The smallest absolute Gasteiger partial charge is 0.247 e. The highest BCUT2D eigenvalue weighted by atomic mass is 16.5. The number of hydrogen-bond donors (Lipinski definition) is 1. The standard InChI is InChI=1S/C20H21N3O4/c1-13-4-7-15(8-5-13)20-23-22-19(27-20)12-21-18(24)11-14-6-9-16(25-2)17(10-14)26-3/h4-10H,11-12H2,1-3H3,(H,21,24). The number of hydrogen-bond acceptors (Lipinski definition) is 6. The van der Waals surface area contributed by atoms with Gasteiger partial charge in [-0.1, -0.05) is 23.8 Å². The number of aromatic nitrogens is 2. The van der Waals surface area contributed by atoms with Crippen molar-refractivity contribution in [2.24, 2.45) is 0 Å². The molecule has 7 nitrogen and oxygen atoms in total. The third-order valence-corrected chi connectivity index (χ3v) is 4.01. The molecular weight excluding hydrogens is 346 g/mol. The molecule has 0 fully saturated rings. The summed E-state index contributed by atoms with van der Waals surface area (Å²) in [7, 11) is 3.13. The number of benzene rings is 2. The maximum absolute atomic E-state index is 12.2. The van der Waals surface area contributed by atoms with Crippen LogP contribution in [0.15, 0.2) is 46.9 Å². The van der Waals surface area contributed by atoms with Crippen LogP contribution in [0, 0.1) is 6.92 Å². The van der Waals surface area contributed by atoms with Gasteiger partial charge in [0.25, 0.3) is 0 Å². The van der Waals surface area contributed by atoms with E-state index in [1.165, 1.54) is 0 Å². The highest BCUT2D eigenvalue weighted by Gasteiger charge is 2.11. The molecule has 0 bridgehead atoms. The molecule has 27 heavy (non-hydrogen) atoms. The molecule has 3 aromatic rings. The summed E-state index contributed by atoms with van der Waals surface area (Å²) in [6.45, 7) is 2.18. The van der Waals surface area contributed by atoms with Crippen LogP contribution in [0.3, 0.4) is 0 Å². The predicted octanol–water partition coefficient (Wildman–Crippen LogP) is 2.92. The molecule has 0 aliphatic carbocycles. The summed E-state index contributed by atoms with van der Waals surface area (Å²) < 4.78 is 16.0. The minimum absolute atomic E-state index is 0.155. The Bertz CT molecular complexity index is 919. The van der Waals surface area contributed by atoms with Crippen molar-refractivity contribution in [2.45, 2.75) is 19.9 Å². The van der Waals surface area contributed by atoms with Gasteiger partial charge in [0.15, 0.2) is 11.5 Å². The van der Waals surface area contributed by atoms with Gasteiger partial charge in [0.2, 0.25) is 17.7 Å². The number of aryl methyl sites for hydroxylation is 1. The molecule has 0 saturated carbocycles. The number of carbonyl (C=O) groups excluding carboxylic acids is 1. The molecule has 0 aliphatic heterocycles. The maximum atomic E-state index is 12.2. The van der Waals surface area contributed by atoms with Crippen molar-refractivity contribution in [1.82, 2.24) is 15.5 Å². The van der Waals surface area contributed by atoms with Gasteiger partial charge in [0, 0.05) is 5.56 Å². The van der Waals surface area contributed by atoms with Gasteiger partial charge in [0.1, 0.15) is 0 Å². The summed E-state index contributed by atoms with van der Waals surface area (Å²) in [6, 6.07) is 13.2. The summed E-state index contributed by atoms with van der Waals surface area (Å²) in [4.78, 5) is 12.2. The zero-order chi connectivity index (χ0) is 19.2. The van der Waals surface area contributed by atoms with E-state index in [0.717, 1.165) is 16.7 Å². The number of carbonyl (C=O) groups is 1. The number of methoxy groups -OCH3 is 2. The lowest BCUT2D eigenvalue weighted by Crippen LogP contribution is -2.24. The summed E-state index contributed by atoms with van der Waals surface area (Å²) in [6.07, 6.45) is 0.208. The minimum atomic E-state index is -0.155. The molecule has 3 rings (SSSR count). The number of amides is 1. The fourth-order valence-electron chi connectivity index (χ4n) is 2.55. The van der Waals surface area contributed by atoms with Crippen LogP contribution in [0.25, 0.3) is 11.5 Å². The van der Waals surface area contributed by atoms with Crippen LogP contribution in [0.5, 0.6) is 11.5 Å². The highest BCUT2D eigenvalue weighted by molar-refractivity contribution is 5.78. The molecule has 0 aliphatic rings. The topological polar surface area (TPSA) is 86.5 Å². The molecule has 1 aromatic heterocycles. The van der Waals surface area contributed by atoms with Crippen molar-refractivity contribution in [3.63, 3.8) is 0 Å². The SMILES string of the molecule is COc1ccc(CC(=O)NCc2nnc(-c3ccc(C)cc3)o2)cc1OC. The summed E-state index contributed by atoms with van der Waals surface area (Å²) in [5, 5.41) is 10.8. The van der Waals surface area contributed by atoms with Gasteiger partial charge in [0.05, 0.1) is 27.2 Å². The monoisotopic (exact) mass is 367 g/mol. The van der Waals surface area contributed by atoms with E-state index in [1.807, 2.05) is 37.3 Å². The van der Waals surface area contributed by atoms with E-state index >= 15 is 0 Å². The van der Waals surface area contributed by atoms with Crippen LogP contribution in [0.4, 0.5) is 0 Å². The largest absolute Gasteiger partial charge is 0.493 e. The zero-order valence-corrected chi connectivity index (χ0v) is 15.5. The summed E-state index contributed by atoms with van der Waals surface area (Å²) >= 11 is 0. The van der Waals surface area contributed by atoms with Crippen LogP contribution in [-0.2, 0) is 17.8 Å². The number of ether oxygens (including phenoxy) is 2. The molecule has 0 atom stereocenters.